The summed E-state index contributed by atoms with van der Waals surface area (Å²) in [6.45, 7) is 4.01. The molecule has 1 unspecified atom stereocenters. The Morgan fingerprint density at radius 3 is 2.48 bits per heavy atom. The van der Waals surface area contributed by atoms with Gasteiger partial charge in [0.15, 0.2) is 0 Å². The lowest BCUT2D eigenvalue weighted by molar-refractivity contribution is -0.121. The van der Waals surface area contributed by atoms with E-state index in [1.54, 1.807) is 0 Å². The molecule has 1 fully saturated rings. The summed E-state index contributed by atoms with van der Waals surface area (Å²) in [6, 6.07) is 3.46. The van der Waals surface area contributed by atoms with Crippen LogP contribution in [-0.4, -0.2) is 30.6 Å². The zero-order valence-electron chi connectivity index (χ0n) is 12.6. The van der Waals surface area contributed by atoms with Crippen LogP contribution in [0.5, 0.6) is 0 Å². The van der Waals surface area contributed by atoms with Gasteiger partial charge in [-0.15, -0.1) is 0 Å². The quantitative estimate of drug-likeness (QED) is 0.839. The van der Waals surface area contributed by atoms with Gasteiger partial charge in [0.25, 0.3) is 5.91 Å². The predicted octanol–water partition coefficient (Wildman–Crippen LogP) is 3.01. The monoisotopic (exact) mass is 358 g/mol. The number of nitrogens with one attached hydrogen (secondary N) is 1. The predicted molar refractivity (Wildman–Crippen MR) is 86.7 cm³/mol. The molecule has 23 heavy (non-hydrogen) atoms. The normalized spacial score (nSPS) is 17.8. The second-order valence-electron chi connectivity index (χ2n) is 5.59. The molecule has 1 atom stereocenters. The average molecular weight is 359 g/mol. The van der Waals surface area contributed by atoms with Crippen LogP contribution in [0.1, 0.15) is 20.3 Å². The Kier molecular flexibility index (Phi) is 5.49. The molecular weight excluding hydrogens is 343 g/mol. The summed E-state index contributed by atoms with van der Waals surface area (Å²) < 4.78 is 4.95. The Bertz CT molecular complexity index is 628. The third kappa shape index (κ3) is 4.36. The number of carbonyl (C=O) groups excluding carboxylic acids is 3. The molecule has 1 heterocycles. The highest BCUT2D eigenvalue weighted by Crippen LogP contribution is 2.29. The molecular formula is C15H16Cl2N2O4. The summed E-state index contributed by atoms with van der Waals surface area (Å²) in [5, 5.41) is 3.02. The van der Waals surface area contributed by atoms with E-state index < -0.39 is 23.9 Å². The Morgan fingerprint density at radius 1 is 1.30 bits per heavy atom. The lowest BCUT2D eigenvalue weighted by Crippen LogP contribution is -2.42. The first-order valence-corrected chi connectivity index (χ1v) is 7.79. The molecule has 3 amide bonds. The van der Waals surface area contributed by atoms with Crippen LogP contribution < -0.4 is 10.2 Å². The van der Waals surface area contributed by atoms with Crippen LogP contribution in [0.3, 0.4) is 0 Å². The molecule has 0 aliphatic carbocycles. The highest BCUT2D eigenvalue weighted by atomic mass is 35.5. The largest absolute Gasteiger partial charge is 0.449 e. The summed E-state index contributed by atoms with van der Waals surface area (Å²) in [7, 11) is 0. The fourth-order valence-corrected chi connectivity index (χ4v) is 2.63. The van der Waals surface area contributed by atoms with Crippen molar-refractivity contribution < 1.29 is 19.1 Å². The van der Waals surface area contributed by atoms with Crippen molar-refractivity contribution in [2.45, 2.75) is 26.3 Å². The second kappa shape index (κ2) is 7.19. The molecule has 6 nitrogen and oxygen atoms in total. The Hall–Kier alpha value is -1.79. The van der Waals surface area contributed by atoms with Crippen molar-refractivity contribution in [3.63, 3.8) is 0 Å². The molecule has 0 saturated carbocycles. The van der Waals surface area contributed by atoms with Crippen molar-refractivity contribution in [1.82, 2.24) is 5.32 Å². The minimum atomic E-state index is -0.958. The van der Waals surface area contributed by atoms with Gasteiger partial charge < -0.3 is 10.1 Å². The molecule has 1 aliphatic heterocycles. The number of ether oxygens (including phenoxy) is 1. The van der Waals surface area contributed by atoms with E-state index in [9.17, 15) is 14.4 Å². The number of carbonyl (C=O) groups is 3. The van der Waals surface area contributed by atoms with Crippen molar-refractivity contribution in [2.24, 2.45) is 5.92 Å². The van der Waals surface area contributed by atoms with E-state index in [1.165, 1.54) is 18.2 Å². The van der Waals surface area contributed by atoms with Gasteiger partial charge in [0, 0.05) is 10.0 Å². The van der Waals surface area contributed by atoms with Gasteiger partial charge in [-0.3, -0.25) is 9.59 Å². The van der Waals surface area contributed by atoms with Crippen molar-refractivity contribution in [3.05, 3.63) is 28.2 Å². The van der Waals surface area contributed by atoms with Gasteiger partial charge in [0.2, 0.25) is 5.91 Å². The standard InChI is InChI=1S/C15H16Cl2N2O4/c1-8(2)7-23-15(22)18-12-6-13(20)19(14(12)21)11-4-9(16)3-10(17)5-11/h3-5,8,12H,6-7H2,1-2H3,(H,18,22). The lowest BCUT2D eigenvalue weighted by Gasteiger charge is -2.16. The fraction of sp³-hybridized carbons (Fsp3) is 0.400. The summed E-state index contributed by atoms with van der Waals surface area (Å²) in [6.07, 6.45) is -0.865. The lowest BCUT2D eigenvalue weighted by atomic mass is 10.2. The molecule has 1 aromatic rings. The van der Waals surface area contributed by atoms with Crippen LogP contribution >= 0.6 is 23.2 Å². The van der Waals surface area contributed by atoms with E-state index >= 15 is 0 Å². The molecule has 1 N–H and O–H groups in total. The van der Waals surface area contributed by atoms with Crippen LogP contribution in [0, 0.1) is 5.92 Å². The second-order valence-corrected chi connectivity index (χ2v) is 6.46. The Balaban J connectivity index is 2.09. The maximum atomic E-state index is 12.4. The number of hydrogen-bond donors (Lipinski definition) is 1. The first kappa shape index (κ1) is 17.6. The number of nitrogens with zero attached hydrogens (tertiary/aromatic N) is 1. The zero-order chi connectivity index (χ0) is 17.1. The third-order valence-corrected chi connectivity index (χ3v) is 3.53. The van der Waals surface area contributed by atoms with Crippen molar-refractivity contribution in [2.75, 3.05) is 11.5 Å². The number of alkyl carbamates (subject to hydrolysis) is 1. The Labute approximate surface area is 143 Å². The topological polar surface area (TPSA) is 75.7 Å². The van der Waals surface area contributed by atoms with Gasteiger partial charge in [-0.25, -0.2) is 9.69 Å². The van der Waals surface area contributed by atoms with Crippen molar-refractivity contribution in [3.8, 4) is 0 Å². The first-order valence-electron chi connectivity index (χ1n) is 7.04. The molecule has 0 aromatic heterocycles. The zero-order valence-corrected chi connectivity index (χ0v) is 14.1. The van der Waals surface area contributed by atoms with Gasteiger partial charge in [-0.05, 0) is 24.1 Å². The third-order valence-electron chi connectivity index (χ3n) is 3.09. The highest BCUT2D eigenvalue weighted by molar-refractivity contribution is 6.35. The number of rotatable bonds is 4. The molecule has 1 aliphatic rings. The van der Waals surface area contributed by atoms with Gasteiger partial charge in [0.1, 0.15) is 6.04 Å². The average Bonchev–Trinajstić information content (AvgIpc) is 2.70. The number of halogens is 2. The minimum Gasteiger partial charge on any atom is -0.449 e. The molecule has 1 saturated heterocycles. The molecule has 0 bridgehead atoms. The maximum Gasteiger partial charge on any atom is 0.407 e. The van der Waals surface area contributed by atoms with Crippen LogP contribution in [0.25, 0.3) is 0 Å². The van der Waals surface area contributed by atoms with E-state index in [0.29, 0.717) is 10.0 Å². The smallest absolute Gasteiger partial charge is 0.407 e. The van der Waals surface area contributed by atoms with Gasteiger partial charge in [-0.1, -0.05) is 37.0 Å². The van der Waals surface area contributed by atoms with Crippen LogP contribution in [0.15, 0.2) is 18.2 Å². The number of anilines is 1. The molecule has 124 valence electrons. The summed E-state index contributed by atoms with van der Waals surface area (Å²) in [4.78, 5) is 37.1. The first-order chi connectivity index (χ1) is 10.8. The number of benzene rings is 1. The minimum absolute atomic E-state index is 0.139. The van der Waals surface area contributed by atoms with Crippen LogP contribution in [0.2, 0.25) is 10.0 Å². The maximum absolute atomic E-state index is 12.4. The van der Waals surface area contributed by atoms with Crippen molar-refractivity contribution in [1.29, 1.82) is 0 Å². The van der Waals surface area contributed by atoms with Crippen LogP contribution in [0.4, 0.5) is 10.5 Å². The molecule has 8 heteroatoms. The van der Waals surface area contributed by atoms with E-state index in [1.807, 2.05) is 13.8 Å². The van der Waals surface area contributed by atoms with Gasteiger partial charge in [-0.2, -0.15) is 0 Å². The van der Waals surface area contributed by atoms with Gasteiger partial charge >= 0.3 is 6.09 Å². The number of imide groups is 1. The number of amides is 3. The van der Waals surface area contributed by atoms with E-state index in [0.717, 1.165) is 4.90 Å². The summed E-state index contributed by atoms with van der Waals surface area (Å²) in [5.74, 6) is -0.816. The van der Waals surface area contributed by atoms with Gasteiger partial charge in [0.05, 0.1) is 18.7 Å². The molecule has 0 radical (unpaired) electrons. The van der Waals surface area contributed by atoms with E-state index in [2.05, 4.69) is 5.32 Å². The highest BCUT2D eigenvalue weighted by Gasteiger charge is 2.40. The number of hydrogen-bond acceptors (Lipinski definition) is 4. The summed E-state index contributed by atoms with van der Waals surface area (Å²) in [5.41, 5.74) is 0.275. The fourth-order valence-electron chi connectivity index (χ4n) is 2.11. The molecule has 0 spiro atoms. The van der Waals surface area contributed by atoms with Crippen LogP contribution in [-0.2, 0) is 14.3 Å². The Morgan fingerprint density at radius 2 is 1.91 bits per heavy atom. The SMILES string of the molecule is CC(C)COC(=O)NC1CC(=O)N(c2cc(Cl)cc(Cl)c2)C1=O. The van der Waals surface area contributed by atoms with E-state index in [4.69, 9.17) is 27.9 Å². The molecule has 2 rings (SSSR count). The molecule has 1 aromatic carbocycles. The van der Waals surface area contributed by atoms with Crippen molar-refractivity contribution >= 4 is 46.8 Å². The van der Waals surface area contributed by atoms with E-state index in [-0.39, 0.29) is 24.6 Å². The summed E-state index contributed by atoms with van der Waals surface area (Å²) >= 11 is 11.8.